The van der Waals surface area contributed by atoms with E-state index in [1.54, 1.807) is 0 Å². The fourth-order valence-corrected chi connectivity index (χ4v) is 3.58. The van der Waals surface area contributed by atoms with Crippen molar-refractivity contribution >= 4 is 11.9 Å². The predicted molar refractivity (Wildman–Crippen MR) is 74.8 cm³/mol. The van der Waals surface area contributed by atoms with E-state index in [1.807, 2.05) is 0 Å². The van der Waals surface area contributed by atoms with E-state index in [9.17, 15) is 9.59 Å². The Hall–Kier alpha value is -1.88. The van der Waals surface area contributed by atoms with Crippen LogP contribution in [0.4, 0.5) is 4.79 Å². The first-order chi connectivity index (χ1) is 9.66. The van der Waals surface area contributed by atoms with Crippen molar-refractivity contribution in [1.82, 2.24) is 10.2 Å². The highest BCUT2D eigenvalue weighted by Gasteiger charge is 2.42. The zero-order chi connectivity index (χ0) is 14.1. The number of nitrogens with zero attached hydrogens (tertiary/aromatic N) is 1. The van der Waals surface area contributed by atoms with E-state index in [1.165, 1.54) is 24.0 Å². The van der Waals surface area contributed by atoms with Crippen LogP contribution in [0.25, 0.3) is 0 Å². The standard InChI is InChI=1S/C15H19N3O2/c16-15(20)17-14(19)6-3-9-18-12-7-8-13(18)11-5-2-1-4-10(11)12/h1-2,4-5,12-13H,3,6-9H2,(H3,16,17,19,20)/t12-,13-/m0/s1. The van der Waals surface area contributed by atoms with Crippen molar-refractivity contribution in [3.05, 3.63) is 35.4 Å². The molecule has 2 aliphatic heterocycles. The van der Waals surface area contributed by atoms with Crippen molar-refractivity contribution in [3.8, 4) is 0 Å². The Morgan fingerprint density at radius 1 is 1.20 bits per heavy atom. The number of hydrogen-bond donors (Lipinski definition) is 2. The molecule has 2 aliphatic rings. The molecule has 3 N–H and O–H groups in total. The van der Waals surface area contributed by atoms with Gasteiger partial charge in [-0.05, 0) is 36.9 Å². The van der Waals surface area contributed by atoms with Crippen LogP contribution in [-0.4, -0.2) is 23.4 Å². The summed E-state index contributed by atoms with van der Waals surface area (Å²) < 4.78 is 0. The first-order valence-electron chi connectivity index (χ1n) is 7.10. The minimum Gasteiger partial charge on any atom is -0.351 e. The van der Waals surface area contributed by atoms with Crippen molar-refractivity contribution in [3.63, 3.8) is 0 Å². The number of fused-ring (bicyclic) bond motifs is 5. The zero-order valence-electron chi connectivity index (χ0n) is 11.3. The summed E-state index contributed by atoms with van der Waals surface area (Å²) in [6.45, 7) is 0.885. The van der Waals surface area contributed by atoms with E-state index in [-0.39, 0.29) is 5.91 Å². The van der Waals surface area contributed by atoms with Crippen LogP contribution >= 0.6 is 0 Å². The Morgan fingerprint density at radius 2 is 1.80 bits per heavy atom. The van der Waals surface area contributed by atoms with Crippen LogP contribution < -0.4 is 11.1 Å². The normalized spacial score (nSPS) is 23.6. The lowest BCUT2D eigenvalue weighted by Gasteiger charge is -2.21. The maximum atomic E-state index is 11.4. The largest absolute Gasteiger partial charge is 0.351 e. The van der Waals surface area contributed by atoms with E-state index in [4.69, 9.17) is 5.73 Å². The molecule has 20 heavy (non-hydrogen) atoms. The number of benzene rings is 1. The van der Waals surface area contributed by atoms with E-state index in [0.717, 1.165) is 13.0 Å². The third kappa shape index (κ3) is 2.29. The van der Waals surface area contributed by atoms with Crippen molar-refractivity contribution in [2.24, 2.45) is 5.73 Å². The molecule has 5 heteroatoms. The number of carbonyl (C=O) groups is 2. The monoisotopic (exact) mass is 273 g/mol. The lowest BCUT2D eigenvalue weighted by molar-refractivity contribution is -0.120. The number of imide groups is 1. The van der Waals surface area contributed by atoms with Gasteiger partial charge < -0.3 is 5.73 Å². The van der Waals surface area contributed by atoms with Gasteiger partial charge in [0.25, 0.3) is 0 Å². The second-order valence-electron chi connectivity index (χ2n) is 5.49. The van der Waals surface area contributed by atoms with Crippen LogP contribution in [0, 0.1) is 0 Å². The Balaban J connectivity index is 1.56. The summed E-state index contributed by atoms with van der Waals surface area (Å²) in [6, 6.07) is 8.86. The molecule has 0 aromatic heterocycles. The maximum absolute atomic E-state index is 11.4. The summed E-state index contributed by atoms with van der Waals surface area (Å²) in [6.07, 6.45) is 3.50. The molecule has 2 atom stereocenters. The maximum Gasteiger partial charge on any atom is 0.318 e. The Labute approximate surface area is 118 Å². The minimum absolute atomic E-state index is 0.290. The molecule has 106 valence electrons. The van der Waals surface area contributed by atoms with E-state index < -0.39 is 6.03 Å². The fourth-order valence-electron chi connectivity index (χ4n) is 3.58. The highest BCUT2D eigenvalue weighted by atomic mass is 16.2. The van der Waals surface area contributed by atoms with Gasteiger partial charge in [-0.2, -0.15) is 0 Å². The average molecular weight is 273 g/mol. The molecule has 5 nitrogen and oxygen atoms in total. The number of hydrogen-bond acceptors (Lipinski definition) is 3. The topological polar surface area (TPSA) is 75.4 Å². The smallest absolute Gasteiger partial charge is 0.318 e. The van der Waals surface area contributed by atoms with Crippen LogP contribution in [0.1, 0.15) is 48.9 Å². The van der Waals surface area contributed by atoms with Gasteiger partial charge in [0.1, 0.15) is 0 Å². The second kappa shape index (κ2) is 5.25. The third-order valence-corrected chi connectivity index (χ3v) is 4.31. The SMILES string of the molecule is NC(=O)NC(=O)CCCN1[C@H]2CC[C@H]1c1ccccc12. The van der Waals surface area contributed by atoms with Gasteiger partial charge >= 0.3 is 6.03 Å². The first kappa shape index (κ1) is 13.1. The van der Waals surface area contributed by atoms with Crippen LogP contribution in [0.3, 0.4) is 0 Å². The summed E-state index contributed by atoms with van der Waals surface area (Å²) >= 11 is 0. The number of urea groups is 1. The molecule has 2 heterocycles. The molecule has 0 spiro atoms. The van der Waals surface area contributed by atoms with Crippen LogP contribution in [0.5, 0.6) is 0 Å². The van der Waals surface area contributed by atoms with E-state index in [0.29, 0.717) is 18.5 Å². The Bertz CT molecular complexity index is 513. The number of amides is 3. The molecular weight excluding hydrogens is 254 g/mol. The summed E-state index contributed by atoms with van der Waals surface area (Å²) in [4.78, 5) is 24.5. The average Bonchev–Trinajstić information content (AvgIpc) is 2.94. The minimum atomic E-state index is -0.774. The quantitative estimate of drug-likeness (QED) is 0.879. The predicted octanol–water partition coefficient (Wildman–Crippen LogP) is 1.85. The highest BCUT2D eigenvalue weighted by Crippen LogP contribution is 2.52. The molecule has 1 saturated heterocycles. The number of nitrogens with two attached hydrogens (primary N) is 1. The van der Waals surface area contributed by atoms with Gasteiger partial charge in [0.15, 0.2) is 0 Å². The van der Waals surface area contributed by atoms with Gasteiger partial charge in [0.05, 0.1) is 0 Å². The second-order valence-corrected chi connectivity index (χ2v) is 5.49. The number of primary amides is 1. The molecule has 0 aliphatic carbocycles. The van der Waals surface area contributed by atoms with Gasteiger partial charge in [-0.25, -0.2) is 4.79 Å². The van der Waals surface area contributed by atoms with Crippen molar-refractivity contribution in [1.29, 1.82) is 0 Å². The Morgan fingerprint density at radius 3 is 2.35 bits per heavy atom. The van der Waals surface area contributed by atoms with E-state index in [2.05, 4.69) is 34.5 Å². The summed E-state index contributed by atoms with van der Waals surface area (Å²) in [7, 11) is 0. The molecule has 0 unspecified atom stereocenters. The molecule has 0 radical (unpaired) electrons. The lowest BCUT2D eigenvalue weighted by Crippen LogP contribution is -2.35. The highest BCUT2D eigenvalue weighted by molar-refractivity contribution is 5.93. The van der Waals surface area contributed by atoms with Crippen LogP contribution in [0.2, 0.25) is 0 Å². The number of carbonyl (C=O) groups excluding carboxylic acids is 2. The zero-order valence-corrected chi connectivity index (χ0v) is 11.3. The van der Waals surface area contributed by atoms with Crippen molar-refractivity contribution in [2.45, 2.75) is 37.8 Å². The fraction of sp³-hybridized carbons (Fsp3) is 0.467. The summed E-state index contributed by atoms with van der Waals surface area (Å²) in [5, 5.41) is 2.10. The molecule has 0 saturated carbocycles. The summed E-state index contributed by atoms with van der Waals surface area (Å²) in [5.41, 5.74) is 7.82. The number of nitrogens with one attached hydrogen (secondary N) is 1. The molecule has 1 fully saturated rings. The van der Waals surface area contributed by atoms with Gasteiger partial charge in [-0.1, -0.05) is 24.3 Å². The molecule has 3 rings (SSSR count). The van der Waals surface area contributed by atoms with Crippen LogP contribution in [0.15, 0.2) is 24.3 Å². The van der Waals surface area contributed by atoms with Gasteiger partial charge in [-0.3, -0.25) is 15.0 Å². The third-order valence-electron chi connectivity index (χ3n) is 4.31. The summed E-state index contributed by atoms with van der Waals surface area (Å²) in [5.74, 6) is -0.290. The van der Waals surface area contributed by atoms with Crippen LogP contribution in [-0.2, 0) is 4.79 Å². The number of rotatable bonds is 4. The lowest BCUT2D eigenvalue weighted by atomic mass is 9.92. The molecule has 1 aromatic carbocycles. The van der Waals surface area contributed by atoms with Crippen molar-refractivity contribution in [2.75, 3.05) is 6.54 Å². The molecule has 3 amide bonds. The Kier molecular flexibility index (Phi) is 3.44. The van der Waals surface area contributed by atoms with Gasteiger partial charge in [0, 0.05) is 18.5 Å². The molecule has 2 bridgehead atoms. The van der Waals surface area contributed by atoms with Gasteiger partial charge in [0.2, 0.25) is 5.91 Å². The molecular formula is C15H19N3O2. The van der Waals surface area contributed by atoms with Gasteiger partial charge in [-0.15, -0.1) is 0 Å². The first-order valence-corrected chi connectivity index (χ1v) is 7.10. The van der Waals surface area contributed by atoms with Crippen molar-refractivity contribution < 1.29 is 9.59 Å². The van der Waals surface area contributed by atoms with E-state index >= 15 is 0 Å². The molecule has 1 aromatic rings.